The summed E-state index contributed by atoms with van der Waals surface area (Å²) in [6.07, 6.45) is 1.43. The van der Waals surface area contributed by atoms with Crippen molar-refractivity contribution in [3.8, 4) is 0 Å². The lowest BCUT2D eigenvalue weighted by molar-refractivity contribution is 0.200. The standard InChI is InChI=1S/C6H11N2O/c1-5-8(4)6(9)7(2)3/h5H,1-2H2,3-4H3/q-1. The van der Waals surface area contributed by atoms with Gasteiger partial charge in [0.25, 0.3) is 6.03 Å². The van der Waals surface area contributed by atoms with Gasteiger partial charge in [0.2, 0.25) is 0 Å². The summed E-state index contributed by atoms with van der Waals surface area (Å²) in [6.45, 7) is 3.41. The first-order chi connectivity index (χ1) is 4.09. The molecule has 52 valence electrons. The van der Waals surface area contributed by atoms with E-state index in [0.29, 0.717) is 0 Å². The van der Waals surface area contributed by atoms with Crippen LogP contribution >= 0.6 is 0 Å². The van der Waals surface area contributed by atoms with Gasteiger partial charge in [0.05, 0.1) is 0 Å². The van der Waals surface area contributed by atoms with Crippen LogP contribution in [-0.4, -0.2) is 29.9 Å². The number of nitrogens with zero attached hydrogens (tertiary/aromatic N) is 2. The monoisotopic (exact) mass is 127 g/mol. The van der Waals surface area contributed by atoms with Crippen LogP contribution in [0.4, 0.5) is 4.79 Å². The second kappa shape index (κ2) is 3.12. The van der Waals surface area contributed by atoms with Gasteiger partial charge < -0.3 is 9.80 Å². The Morgan fingerprint density at radius 2 is 2.11 bits per heavy atom. The van der Waals surface area contributed by atoms with Crippen molar-refractivity contribution in [1.29, 1.82) is 0 Å². The predicted molar refractivity (Wildman–Crippen MR) is 36.5 cm³/mol. The predicted octanol–water partition coefficient (Wildman–Crippen LogP) is 0.905. The molecule has 3 nitrogen and oxygen atoms in total. The van der Waals surface area contributed by atoms with E-state index in [4.69, 9.17) is 0 Å². The number of amides is 2. The first-order valence-corrected chi connectivity index (χ1v) is 2.53. The average molecular weight is 127 g/mol. The number of hydrogen-bond acceptors (Lipinski definition) is 1. The van der Waals surface area contributed by atoms with E-state index < -0.39 is 0 Å². The van der Waals surface area contributed by atoms with Gasteiger partial charge in [0, 0.05) is 13.2 Å². The van der Waals surface area contributed by atoms with E-state index in [0.717, 1.165) is 0 Å². The third-order valence-electron chi connectivity index (χ3n) is 0.902. The molecular weight excluding hydrogens is 116 g/mol. The normalized spacial score (nSPS) is 8.33. The lowest BCUT2D eigenvalue weighted by atomic mass is 10.7. The Kier molecular flexibility index (Phi) is 2.78. The first kappa shape index (κ1) is 8.01. The maximum absolute atomic E-state index is 10.8. The van der Waals surface area contributed by atoms with Gasteiger partial charge in [-0.15, -0.1) is 0 Å². The molecule has 0 aliphatic rings. The fraction of sp³-hybridized carbons (Fsp3) is 0.333. The average Bonchev–Trinajstić information content (AvgIpc) is 1.84. The molecule has 2 amide bonds. The Balaban J connectivity index is 3.87. The van der Waals surface area contributed by atoms with Crippen molar-refractivity contribution in [3.63, 3.8) is 0 Å². The van der Waals surface area contributed by atoms with Gasteiger partial charge >= 0.3 is 0 Å². The zero-order chi connectivity index (χ0) is 7.44. The minimum atomic E-state index is -0.176. The molecule has 3 heteroatoms. The smallest absolute Gasteiger partial charge is 0.293 e. The summed E-state index contributed by atoms with van der Waals surface area (Å²) in [5.74, 6) is 0. The van der Waals surface area contributed by atoms with Crippen LogP contribution in [0.2, 0.25) is 0 Å². The third kappa shape index (κ3) is 2.17. The van der Waals surface area contributed by atoms with Gasteiger partial charge in [-0.05, 0) is 7.05 Å². The number of urea groups is 1. The van der Waals surface area contributed by atoms with Crippen LogP contribution in [0.25, 0.3) is 0 Å². The lowest BCUT2D eigenvalue weighted by Crippen LogP contribution is -2.31. The van der Waals surface area contributed by atoms with Gasteiger partial charge in [0.15, 0.2) is 0 Å². The summed E-state index contributed by atoms with van der Waals surface area (Å²) < 4.78 is 0. The molecule has 0 radical (unpaired) electrons. The van der Waals surface area contributed by atoms with Crippen LogP contribution in [0, 0.1) is 7.05 Å². The van der Waals surface area contributed by atoms with Crippen LogP contribution in [0.15, 0.2) is 12.8 Å². The highest BCUT2D eigenvalue weighted by molar-refractivity contribution is 5.74. The number of carbonyl (C=O) groups is 1. The highest BCUT2D eigenvalue weighted by Gasteiger charge is 1.99. The molecule has 0 unspecified atom stereocenters. The molecule has 0 heterocycles. The second-order valence-electron chi connectivity index (χ2n) is 1.77. The lowest BCUT2D eigenvalue weighted by Gasteiger charge is -2.23. The van der Waals surface area contributed by atoms with Crippen molar-refractivity contribution < 1.29 is 4.79 Å². The van der Waals surface area contributed by atoms with Gasteiger partial charge in [0.1, 0.15) is 0 Å². The molecule has 0 spiro atoms. The van der Waals surface area contributed by atoms with E-state index in [9.17, 15) is 4.79 Å². The molecule has 0 N–H and O–H groups in total. The number of rotatable bonds is 1. The highest BCUT2D eigenvalue weighted by Crippen LogP contribution is 1.89. The Morgan fingerprint density at radius 1 is 1.67 bits per heavy atom. The highest BCUT2D eigenvalue weighted by atomic mass is 16.2. The summed E-state index contributed by atoms with van der Waals surface area (Å²) in [7, 11) is 6.61. The van der Waals surface area contributed by atoms with E-state index in [1.54, 1.807) is 14.1 Å². The van der Waals surface area contributed by atoms with Crippen LogP contribution in [0.5, 0.6) is 0 Å². The maximum atomic E-state index is 10.8. The molecule has 0 aromatic rings. The summed E-state index contributed by atoms with van der Waals surface area (Å²) in [6, 6.07) is -0.176. The number of carbonyl (C=O) groups excluding carboxylic acids is 1. The second-order valence-corrected chi connectivity index (χ2v) is 1.77. The van der Waals surface area contributed by atoms with Gasteiger partial charge in [-0.3, -0.25) is 11.8 Å². The Morgan fingerprint density at radius 3 is 2.22 bits per heavy atom. The van der Waals surface area contributed by atoms with Crippen LogP contribution in [0.1, 0.15) is 0 Å². The van der Waals surface area contributed by atoms with Crippen molar-refractivity contribution in [3.05, 3.63) is 19.8 Å². The minimum Gasteiger partial charge on any atom is -0.479 e. The quantitative estimate of drug-likeness (QED) is 0.480. The molecule has 0 rings (SSSR count). The Hall–Kier alpha value is -0.990. The maximum Gasteiger partial charge on any atom is 0.293 e. The zero-order valence-electron chi connectivity index (χ0n) is 5.79. The summed E-state index contributed by atoms with van der Waals surface area (Å²) in [5.41, 5.74) is 0. The fourth-order valence-corrected chi connectivity index (χ4v) is 0.347. The molecule has 0 aromatic carbocycles. The summed E-state index contributed by atoms with van der Waals surface area (Å²) in [4.78, 5) is 13.4. The first-order valence-electron chi connectivity index (χ1n) is 2.53. The largest absolute Gasteiger partial charge is 0.479 e. The van der Waals surface area contributed by atoms with Crippen LogP contribution in [-0.2, 0) is 0 Å². The SMILES string of the molecule is C=CN(C)C(=O)N([CH2-])C. The van der Waals surface area contributed by atoms with E-state index in [1.165, 1.54) is 16.0 Å². The zero-order valence-corrected chi connectivity index (χ0v) is 5.79. The molecule has 0 aliphatic heterocycles. The van der Waals surface area contributed by atoms with E-state index in [2.05, 4.69) is 13.6 Å². The molecule has 0 saturated carbocycles. The van der Waals surface area contributed by atoms with Crippen molar-refractivity contribution in [2.24, 2.45) is 0 Å². The van der Waals surface area contributed by atoms with Crippen LogP contribution in [0.3, 0.4) is 0 Å². The molecule has 0 atom stereocenters. The van der Waals surface area contributed by atoms with Crippen molar-refractivity contribution in [2.45, 2.75) is 0 Å². The molecule has 0 aliphatic carbocycles. The molecular formula is C6H11N2O-. The fourth-order valence-electron chi connectivity index (χ4n) is 0.347. The van der Waals surface area contributed by atoms with Gasteiger partial charge in [-0.25, -0.2) is 0 Å². The van der Waals surface area contributed by atoms with Crippen molar-refractivity contribution >= 4 is 6.03 Å². The van der Waals surface area contributed by atoms with Crippen LogP contribution < -0.4 is 0 Å². The Bertz CT molecular complexity index is 120. The molecule has 0 bridgehead atoms. The molecule has 0 fully saturated rings. The van der Waals surface area contributed by atoms with E-state index in [1.807, 2.05) is 0 Å². The molecule has 0 saturated heterocycles. The third-order valence-corrected chi connectivity index (χ3v) is 0.902. The van der Waals surface area contributed by atoms with Crippen molar-refractivity contribution in [2.75, 3.05) is 14.1 Å². The summed E-state index contributed by atoms with van der Waals surface area (Å²) in [5, 5.41) is 0. The summed E-state index contributed by atoms with van der Waals surface area (Å²) >= 11 is 0. The minimum absolute atomic E-state index is 0.176. The molecule has 0 aromatic heterocycles. The van der Waals surface area contributed by atoms with Crippen molar-refractivity contribution in [1.82, 2.24) is 9.80 Å². The number of hydrogen-bond donors (Lipinski definition) is 0. The molecule has 9 heavy (non-hydrogen) atoms. The van der Waals surface area contributed by atoms with E-state index >= 15 is 0 Å². The Labute approximate surface area is 55.6 Å². The van der Waals surface area contributed by atoms with Gasteiger partial charge in [-0.2, -0.15) is 0 Å². The van der Waals surface area contributed by atoms with Gasteiger partial charge in [-0.1, -0.05) is 6.58 Å². The topological polar surface area (TPSA) is 23.6 Å². The van der Waals surface area contributed by atoms with E-state index in [-0.39, 0.29) is 6.03 Å².